The highest BCUT2D eigenvalue weighted by molar-refractivity contribution is 6.68. The van der Waals surface area contributed by atoms with Crippen LogP contribution < -0.4 is 10.1 Å². The molecule has 0 saturated heterocycles. The molecule has 0 fully saturated rings. The predicted octanol–water partition coefficient (Wildman–Crippen LogP) is 5.37. The average molecular weight is 388 g/mol. The monoisotopic (exact) mass is 387 g/mol. The maximum atomic E-state index is 12.1. The van der Waals surface area contributed by atoms with Crippen molar-refractivity contribution in [1.29, 1.82) is 0 Å². The zero-order valence-electron chi connectivity index (χ0n) is 15.7. The summed E-state index contributed by atoms with van der Waals surface area (Å²) in [5.41, 5.74) is 0.0238. The Morgan fingerprint density at radius 3 is 2.44 bits per heavy atom. The summed E-state index contributed by atoms with van der Waals surface area (Å²) < 4.78 is 11.1. The fourth-order valence-corrected chi connectivity index (χ4v) is 2.36. The van der Waals surface area contributed by atoms with Crippen LogP contribution in [0.5, 0.6) is 5.75 Å². The van der Waals surface area contributed by atoms with E-state index in [-0.39, 0.29) is 11.1 Å². The van der Waals surface area contributed by atoms with Crippen molar-refractivity contribution in [1.82, 2.24) is 0 Å². The first-order chi connectivity index (χ1) is 12.7. The molecule has 0 aliphatic heterocycles. The van der Waals surface area contributed by atoms with Gasteiger partial charge >= 0.3 is 6.09 Å². The van der Waals surface area contributed by atoms with Gasteiger partial charge in [0.05, 0.1) is 5.69 Å². The third kappa shape index (κ3) is 5.82. The summed E-state index contributed by atoms with van der Waals surface area (Å²) in [6.45, 7) is 8.91. The molecule has 7 heteroatoms. The number of nitrogens with zero attached hydrogens (tertiary/aromatic N) is 2. The predicted molar refractivity (Wildman–Crippen MR) is 111 cm³/mol. The van der Waals surface area contributed by atoms with Crippen molar-refractivity contribution in [3.8, 4) is 5.75 Å². The van der Waals surface area contributed by atoms with E-state index in [0.29, 0.717) is 11.4 Å². The second-order valence-corrected chi connectivity index (χ2v) is 6.96. The van der Waals surface area contributed by atoms with E-state index in [0.717, 1.165) is 10.8 Å². The molecule has 0 heterocycles. The van der Waals surface area contributed by atoms with Crippen LogP contribution in [0.4, 0.5) is 10.5 Å². The molecular weight excluding hydrogens is 366 g/mol. The van der Waals surface area contributed by atoms with E-state index in [2.05, 4.69) is 22.0 Å². The van der Waals surface area contributed by atoms with Gasteiger partial charge in [-0.05, 0) is 39.6 Å². The smallest absolute Gasteiger partial charge is 0.412 e. The molecule has 0 unspecified atom stereocenters. The van der Waals surface area contributed by atoms with Crippen molar-refractivity contribution in [2.45, 2.75) is 26.4 Å². The third-order valence-electron chi connectivity index (χ3n) is 3.35. The minimum Gasteiger partial charge on any atom is -0.444 e. The minimum absolute atomic E-state index is 0.212. The molecule has 6 nitrogen and oxygen atoms in total. The lowest BCUT2D eigenvalue weighted by molar-refractivity contribution is 0.0636. The summed E-state index contributed by atoms with van der Waals surface area (Å²) in [4.78, 5) is 19.8. The molecule has 0 aliphatic rings. The molecule has 2 aromatic rings. The Morgan fingerprint density at radius 2 is 1.85 bits per heavy atom. The number of benzene rings is 2. The molecule has 1 N–H and O–H groups in total. The molecule has 142 valence electrons. The van der Waals surface area contributed by atoms with Gasteiger partial charge in [-0.2, -0.15) is 0 Å². The highest BCUT2D eigenvalue weighted by atomic mass is 35.5. The number of allylic oxidation sites excluding steroid dienone is 1. The maximum absolute atomic E-state index is 12.1. The normalized spacial score (nSPS) is 12.6. The van der Waals surface area contributed by atoms with Crippen LogP contribution in [0.1, 0.15) is 20.8 Å². The molecule has 0 bridgehead atoms. The van der Waals surface area contributed by atoms with Gasteiger partial charge in [0.15, 0.2) is 0 Å². The van der Waals surface area contributed by atoms with Gasteiger partial charge in [0, 0.05) is 23.9 Å². The molecule has 0 aliphatic carbocycles. The highest BCUT2D eigenvalue weighted by Crippen LogP contribution is 2.33. The van der Waals surface area contributed by atoms with Crippen molar-refractivity contribution < 1.29 is 14.3 Å². The molecule has 2 aromatic carbocycles. The Bertz CT molecular complexity index is 914. The summed E-state index contributed by atoms with van der Waals surface area (Å²) in [6.07, 6.45) is 0.941. The standard InChI is InChI=1S/C20H22ClN3O3/c1-20(2,3)27-19(25)24-15-10-11-16(14-9-7-6-8-13(14)15)26-18(23-5)12-17(21)22-4/h6-12H,5H2,1-4H3,(H,24,25)/b18-12+,22-17?. The topological polar surface area (TPSA) is 72.3 Å². The number of ether oxygens (including phenoxy) is 2. The zero-order valence-corrected chi connectivity index (χ0v) is 16.5. The van der Waals surface area contributed by atoms with Crippen LogP contribution in [-0.2, 0) is 4.74 Å². The molecule has 2 rings (SSSR count). The van der Waals surface area contributed by atoms with E-state index in [1.54, 1.807) is 19.2 Å². The van der Waals surface area contributed by atoms with Crippen LogP contribution in [0, 0.1) is 0 Å². The number of hydrogen-bond acceptors (Lipinski definition) is 5. The van der Waals surface area contributed by atoms with E-state index in [1.807, 2.05) is 45.0 Å². The summed E-state index contributed by atoms with van der Waals surface area (Å²) >= 11 is 5.90. The SMILES string of the molecule is C=N/C(=C\C(Cl)=NC)Oc1ccc(NC(=O)OC(C)(C)C)c2ccccc12. The number of rotatable bonds is 5. The van der Waals surface area contributed by atoms with Gasteiger partial charge < -0.3 is 9.47 Å². The van der Waals surface area contributed by atoms with Crippen molar-refractivity contribution in [3.63, 3.8) is 0 Å². The van der Waals surface area contributed by atoms with Crippen LogP contribution in [0.15, 0.2) is 58.3 Å². The molecule has 0 aromatic heterocycles. The quantitative estimate of drug-likeness (QED) is 0.553. The van der Waals surface area contributed by atoms with Crippen LogP contribution in [-0.4, -0.2) is 30.6 Å². The van der Waals surface area contributed by atoms with Crippen molar-refractivity contribution in [2.24, 2.45) is 9.98 Å². The third-order valence-corrected chi connectivity index (χ3v) is 3.62. The number of halogens is 1. The Morgan fingerprint density at radius 1 is 1.19 bits per heavy atom. The van der Waals surface area contributed by atoms with E-state index < -0.39 is 11.7 Å². The molecule has 27 heavy (non-hydrogen) atoms. The van der Waals surface area contributed by atoms with Crippen LogP contribution in [0.3, 0.4) is 0 Å². The second-order valence-electron chi connectivity index (χ2n) is 6.57. The molecule has 1 amide bonds. The first-order valence-electron chi connectivity index (χ1n) is 8.24. The van der Waals surface area contributed by atoms with E-state index in [1.165, 1.54) is 6.08 Å². The Balaban J connectivity index is 2.38. The fourth-order valence-electron chi connectivity index (χ4n) is 2.27. The van der Waals surface area contributed by atoms with Gasteiger partial charge in [-0.1, -0.05) is 35.9 Å². The second kappa shape index (κ2) is 8.68. The number of nitrogens with one attached hydrogen (secondary N) is 1. The molecule has 0 radical (unpaired) electrons. The molecule has 0 spiro atoms. The zero-order chi connectivity index (χ0) is 20.0. The molecular formula is C20H22ClN3O3. The lowest BCUT2D eigenvalue weighted by Gasteiger charge is -2.20. The minimum atomic E-state index is -0.585. The maximum Gasteiger partial charge on any atom is 0.412 e. The summed E-state index contributed by atoms with van der Waals surface area (Å²) in [7, 11) is 1.56. The Kier molecular flexibility index (Phi) is 6.58. The average Bonchev–Trinajstić information content (AvgIpc) is 2.61. The number of anilines is 1. The first-order valence-corrected chi connectivity index (χ1v) is 8.61. The Labute approximate surface area is 163 Å². The summed E-state index contributed by atoms with van der Waals surface area (Å²) in [5, 5.41) is 4.58. The summed E-state index contributed by atoms with van der Waals surface area (Å²) in [6, 6.07) is 11.0. The lowest BCUT2D eigenvalue weighted by atomic mass is 10.1. The van der Waals surface area contributed by atoms with E-state index in [9.17, 15) is 4.79 Å². The number of amides is 1. The summed E-state index contributed by atoms with van der Waals surface area (Å²) in [5.74, 6) is 0.753. The van der Waals surface area contributed by atoms with Crippen molar-refractivity contribution in [3.05, 3.63) is 48.4 Å². The van der Waals surface area contributed by atoms with Gasteiger partial charge in [0.1, 0.15) is 16.5 Å². The van der Waals surface area contributed by atoms with Crippen LogP contribution in [0.25, 0.3) is 10.8 Å². The van der Waals surface area contributed by atoms with Crippen LogP contribution >= 0.6 is 11.6 Å². The number of fused-ring (bicyclic) bond motifs is 1. The van der Waals surface area contributed by atoms with Gasteiger partial charge in [-0.25, -0.2) is 9.79 Å². The molecule has 0 atom stereocenters. The van der Waals surface area contributed by atoms with Crippen molar-refractivity contribution in [2.75, 3.05) is 12.4 Å². The lowest BCUT2D eigenvalue weighted by Crippen LogP contribution is -2.27. The van der Waals surface area contributed by atoms with Gasteiger partial charge in [-0.15, -0.1) is 0 Å². The number of carbonyl (C=O) groups excluding carboxylic acids is 1. The fraction of sp³-hybridized carbons (Fsp3) is 0.250. The Hall–Kier alpha value is -2.86. The van der Waals surface area contributed by atoms with E-state index in [4.69, 9.17) is 21.1 Å². The number of aliphatic imine (C=N–C) groups is 2. The first kappa shape index (κ1) is 20.5. The number of hydrogen-bond donors (Lipinski definition) is 1. The highest BCUT2D eigenvalue weighted by Gasteiger charge is 2.17. The van der Waals surface area contributed by atoms with Gasteiger partial charge in [0.25, 0.3) is 0 Å². The van der Waals surface area contributed by atoms with Crippen molar-refractivity contribution >= 4 is 46.0 Å². The van der Waals surface area contributed by atoms with E-state index >= 15 is 0 Å². The van der Waals surface area contributed by atoms with Gasteiger partial charge in [0.2, 0.25) is 5.88 Å². The number of carbonyl (C=O) groups is 1. The van der Waals surface area contributed by atoms with Gasteiger partial charge in [-0.3, -0.25) is 10.3 Å². The van der Waals surface area contributed by atoms with Crippen LogP contribution in [0.2, 0.25) is 0 Å². The largest absolute Gasteiger partial charge is 0.444 e. The molecule has 0 saturated carbocycles.